The van der Waals surface area contributed by atoms with Gasteiger partial charge in [-0.25, -0.2) is 4.79 Å². The molecule has 0 aliphatic carbocycles. The fourth-order valence-corrected chi connectivity index (χ4v) is 2.11. The molecule has 0 bridgehead atoms. The van der Waals surface area contributed by atoms with Gasteiger partial charge in [-0.2, -0.15) is 0 Å². The highest BCUT2D eigenvalue weighted by Gasteiger charge is 2.16. The molecular weight excluding hydrogens is 224 g/mol. The Bertz CT molecular complexity index is 425. The quantitative estimate of drug-likeness (QED) is 0.871. The third-order valence-corrected chi connectivity index (χ3v) is 3.17. The molecule has 2 amide bonds. The van der Waals surface area contributed by atoms with Crippen molar-refractivity contribution >= 4 is 11.6 Å². The van der Waals surface area contributed by atoms with Crippen LogP contribution in [0.1, 0.15) is 25.3 Å². The van der Waals surface area contributed by atoms with Crippen molar-refractivity contribution in [2.45, 2.75) is 19.8 Å². The zero-order valence-corrected chi connectivity index (χ0v) is 10.9. The van der Waals surface area contributed by atoms with Crippen molar-refractivity contribution in [3.63, 3.8) is 0 Å². The highest BCUT2D eigenvalue weighted by molar-refractivity contribution is 5.76. The summed E-state index contributed by atoms with van der Waals surface area (Å²) >= 11 is 0. The Morgan fingerprint density at radius 2 is 2.11 bits per heavy atom. The Labute approximate surface area is 108 Å². The van der Waals surface area contributed by atoms with Gasteiger partial charge in [0.25, 0.3) is 0 Å². The van der Waals surface area contributed by atoms with Gasteiger partial charge in [0.2, 0.25) is 0 Å². The van der Waals surface area contributed by atoms with Crippen LogP contribution in [0.2, 0.25) is 0 Å². The van der Waals surface area contributed by atoms with Crippen LogP contribution in [0.15, 0.2) is 36.4 Å². The number of hydrogen-bond acceptors (Lipinski definition) is 1. The maximum absolute atomic E-state index is 11.8. The van der Waals surface area contributed by atoms with Gasteiger partial charge in [0.1, 0.15) is 0 Å². The Kier molecular flexibility index (Phi) is 4.40. The summed E-state index contributed by atoms with van der Waals surface area (Å²) in [7, 11) is 0. The number of rotatable bonds is 3. The largest absolute Gasteiger partial charge is 0.338 e. The summed E-state index contributed by atoms with van der Waals surface area (Å²) in [6.07, 6.45) is 4.07. The van der Waals surface area contributed by atoms with Gasteiger partial charge in [0.15, 0.2) is 0 Å². The summed E-state index contributed by atoms with van der Waals surface area (Å²) in [5.74, 6) is 0. The fourth-order valence-electron chi connectivity index (χ4n) is 2.11. The maximum Gasteiger partial charge on any atom is 0.317 e. The normalized spacial score (nSPS) is 15.2. The standard InChI is InChI=1S/C15H20N2O/c1-2-10-16-15(18)17-11-8-14(9-12-17)13-6-4-3-5-7-13/h3-8H,2,9-12H2,1H3,(H,16,18). The molecule has 1 aromatic carbocycles. The van der Waals surface area contributed by atoms with Crippen LogP contribution >= 0.6 is 0 Å². The Hall–Kier alpha value is -1.77. The number of carbonyl (C=O) groups is 1. The minimum absolute atomic E-state index is 0.0558. The van der Waals surface area contributed by atoms with E-state index in [-0.39, 0.29) is 6.03 Å². The molecule has 0 atom stereocenters. The van der Waals surface area contributed by atoms with Crippen LogP contribution in [0, 0.1) is 0 Å². The highest BCUT2D eigenvalue weighted by atomic mass is 16.2. The molecule has 1 aliphatic heterocycles. The van der Waals surface area contributed by atoms with Gasteiger partial charge < -0.3 is 10.2 Å². The van der Waals surface area contributed by atoms with E-state index in [0.717, 1.165) is 25.9 Å². The topological polar surface area (TPSA) is 32.3 Å². The predicted octanol–water partition coefficient (Wildman–Crippen LogP) is 2.90. The zero-order chi connectivity index (χ0) is 12.8. The summed E-state index contributed by atoms with van der Waals surface area (Å²) in [6.45, 7) is 4.32. The second-order valence-corrected chi connectivity index (χ2v) is 4.52. The lowest BCUT2D eigenvalue weighted by Gasteiger charge is -2.26. The van der Waals surface area contributed by atoms with Gasteiger partial charge in [0, 0.05) is 19.6 Å². The first-order chi connectivity index (χ1) is 8.81. The summed E-state index contributed by atoms with van der Waals surface area (Å²) in [4.78, 5) is 13.6. The predicted molar refractivity (Wildman–Crippen MR) is 74.3 cm³/mol. The molecule has 0 unspecified atom stereocenters. The smallest absolute Gasteiger partial charge is 0.317 e. The van der Waals surface area contributed by atoms with Gasteiger partial charge in [0.05, 0.1) is 0 Å². The lowest BCUT2D eigenvalue weighted by atomic mass is 10.00. The van der Waals surface area contributed by atoms with Crippen LogP contribution in [0.25, 0.3) is 5.57 Å². The lowest BCUT2D eigenvalue weighted by molar-refractivity contribution is 0.203. The van der Waals surface area contributed by atoms with E-state index in [0.29, 0.717) is 6.54 Å². The van der Waals surface area contributed by atoms with Crippen LogP contribution in [0.4, 0.5) is 4.79 Å². The summed E-state index contributed by atoms with van der Waals surface area (Å²) in [6, 6.07) is 10.4. The first-order valence-electron chi connectivity index (χ1n) is 6.58. The molecule has 0 saturated carbocycles. The van der Waals surface area contributed by atoms with Gasteiger partial charge >= 0.3 is 6.03 Å². The minimum Gasteiger partial charge on any atom is -0.338 e. The molecule has 96 valence electrons. The number of carbonyl (C=O) groups excluding carboxylic acids is 1. The van der Waals surface area contributed by atoms with E-state index in [9.17, 15) is 4.79 Å². The second kappa shape index (κ2) is 6.24. The first-order valence-corrected chi connectivity index (χ1v) is 6.58. The monoisotopic (exact) mass is 244 g/mol. The van der Waals surface area contributed by atoms with Crippen LogP contribution in [-0.2, 0) is 0 Å². The number of hydrogen-bond donors (Lipinski definition) is 1. The second-order valence-electron chi connectivity index (χ2n) is 4.52. The van der Waals surface area contributed by atoms with Crippen molar-refractivity contribution in [3.8, 4) is 0 Å². The zero-order valence-electron chi connectivity index (χ0n) is 10.9. The molecular formula is C15H20N2O. The Morgan fingerprint density at radius 3 is 2.72 bits per heavy atom. The van der Waals surface area contributed by atoms with Gasteiger partial charge in [-0.05, 0) is 24.0 Å². The van der Waals surface area contributed by atoms with E-state index in [1.54, 1.807) is 0 Å². The lowest BCUT2D eigenvalue weighted by Crippen LogP contribution is -2.42. The molecule has 1 N–H and O–H groups in total. The Balaban J connectivity index is 1.94. The molecule has 18 heavy (non-hydrogen) atoms. The van der Waals surface area contributed by atoms with Crippen LogP contribution in [0.5, 0.6) is 0 Å². The maximum atomic E-state index is 11.8. The number of benzene rings is 1. The van der Waals surface area contributed by atoms with Crippen molar-refractivity contribution in [2.75, 3.05) is 19.6 Å². The number of amides is 2. The summed E-state index contributed by atoms with van der Waals surface area (Å²) in [5, 5.41) is 2.91. The minimum atomic E-state index is 0.0558. The molecule has 1 heterocycles. The van der Waals surface area contributed by atoms with E-state index in [1.807, 2.05) is 11.0 Å². The molecule has 0 spiro atoms. The van der Waals surface area contributed by atoms with Crippen molar-refractivity contribution in [1.82, 2.24) is 10.2 Å². The van der Waals surface area contributed by atoms with E-state index >= 15 is 0 Å². The van der Waals surface area contributed by atoms with E-state index in [1.165, 1.54) is 11.1 Å². The third-order valence-electron chi connectivity index (χ3n) is 3.17. The first kappa shape index (κ1) is 12.7. The van der Waals surface area contributed by atoms with Crippen LogP contribution < -0.4 is 5.32 Å². The molecule has 0 saturated heterocycles. The van der Waals surface area contributed by atoms with Gasteiger partial charge in [-0.1, -0.05) is 43.3 Å². The van der Waals surface area contributed by atoms with Crippen molar-refractivity contribution < 1.29 is 4.79 Å². The van der Waals surface area contributed by atoms with Gasteiger partial charge in [-0.3, -0.25) is 0 Å². The summed E-state index contributed by atoms with van der Waals surface area (Å²) in [5.41, 5.74) is 2.61. The number of urea groups is 1. The fraction of sp³-hybridized carbons (Fsp3) is 0.400. The van der Waals surface area contributed by atoms with Crippen molar-refractivity contribution in [1.29, 1.82) is 0 Å². The molecule has 3 nitrogen and oxygen atoms in total. The van der Waals surface area contributed by atoms with E-state index < -0.39 is 0 Å². The molecule has 0 fully saturated rings. The molecule has 0 aromatic heterocycles. The number of nitrogens with zero attached hydrogens (tertiary/aromatic N) is 1. The molecule has 1 aromatic rings. The summed E-state index contributed by atoms with van der Waals surface area (Å²) < 4.78 is 0. The van der Waals surface area contributed by atoms with E-state index in [2.05, 4.69) is 42.6 Å². The third kappa shape index (κ3) is 3.13. The van der Waals surface area contributed by atoms with Crippen LogP contribution in [-0.4, -0.2) is 30.6 Å². The highest BCUT2D eigenvalue weighted by Crippen LogP contribution is 2.21. The van der Waals surface area contributed by atoms with Gasteiger partial charge in [-0.15, -0.1) is 0 Å². The van der Waals surface area contributed by atoms with Crippen molar-refractivity contribution in [3.05, 3.63) is 42.0 Å². The van der Waals surface area contributed by atoms with Crippen LogP contribution in [0.3, 0.4) is 0 Å². The molecule has 0 radical (unpaired) electrons. The molecule has 2 rings (SSSR count). The average molecular weight is 244 g/mol. The van der Waals surface area contributed by atoms with Crippen molar-refractivity contribution in [2.24, 2.45) is 0 Å². The molecule has 1 aliphatic rings. The SMILES string of the molecule is CCCNC(=O)N1CC=C(c2ccccc2)CC1. The average Bonchev–Trinajstić information content (AvgIpc) is 2.46. The Morgan fingerprint density at radius 1 is 1.33 bits per heavy atom. The molecule has 3 heteroatoms. The number of nitrogens with one attached hydrogen (secondary N) is 1. The van der Waals surface area contributed by atoms with E-state index in [4.69, 9.17) is 0 Å².